The van der Waals surface area contributed by atoms with Gasteiger partial charge < -0.3 is 10.4 Å². The molecule has 9 rings (SSSR count). The van der Waals surface area contributed by atoms with Crippen molar-refractivity contribution in [1.29, 1.82) is 0 Å². The molecule has 1 atom stereocenters. The molecule has 6 aromatic carbocycles. The van der Waals surface area contributed by atoms with Crippen LogP contribution in [0.15, 0.2) is 174 Å². The van der Waals surface area contributed by atoms with Gasteiger partial charge in [0.1, 0.15) is 11.9 Å². The highest BCUT2D eigenvalue weighted by atomic mass is 16.3. The highest BCUT2D eigenvalue weighted by molar-refractivity contribution is 6.13. The maximum atomic E-state index is 12.8. The Balaban J connectivity index is 1.07. The molecule has 2 aliphatic carbocycles. The highest BCUT2D eigenvalue weighted by Gasteiger charge is 2.25. The molecule has 0 fully saturated rings. The second-order valence-electron chi connectivity index (χ2n) is 16.0. The molecule has 59 heavy (non-hydrogen) atoms. The predicted octanol–water partition coefficient (Wildman–Crippen LogP) is 14.0. The molecule has 3 aliphatic rings. The molecule has 0 radical (unpaired) electrons. The summed E-state index contributed by atoms with van der Waals surface area (Å²) < 4.78 is 0. The Hall–Kier alpha value is -6.45. The third kappa shape index (κ3) is 7.90. The van der Waals surface area contributed by atoms with Crippen molar-refractivity contribution in [2.24, 2.45) is 4.99 Å². The van der Waals surface area contributed by atoms with Crippen LogP contribution in [0, 0.1) is 6.92 Å². The number of aliphatic hydroxyl groups excluding tert-OH is 1. The number of nitrogens with one attached hydrogen (secondary N) is 1. The number of aliphatic imine (C=N–C) groups is 1. The monoisotopic (exact) mass is 768 g/mol. The van der Waals surface area contributed by atoms with Gasteiger partial charge in [0.25, 0.3) is 0 Å². The van der Waals surface area contributed by atoms with Crippen LogP contribution < -0.4 is 5.32 Å². The van der Waals surface area contributed by atoms with Gasteiger partial charge >= 0.3 is 0 Å². The average Bonchev–Trinajstić information content (AvgIpc) is 3.28. The second-order valence-corrected chi connectivity index (χ2v) is 16.0. The third-order valence-electron chi connectivity index (χ3n) is 12.2. The molecule has 0 bridgehead atoms. The van der Waals surface area contributed by atoms with E-state index in [1.807, 2.05) is 0 Å². The molecular formula is C56H52N2O. The lowest BCUT2D eigenvalue weighted by Crippen LogP contribution is -2.31. The van der Waals surface area contributed by atoms with Crippen molar-refractivity contribution in [2.75, 3.05) is 0 Å². The van der Waals surface area contributed by atoms with Crippen LogP contribution in [0.1, 0.15) is 90.0 Å². The van der Waals surface area contributed by atoms with Crippen LogP contribution in [-0.2, 0) is 12.8 Å². The van der Waals surface area contributed by atoms with Gasteiger partial charge in [-0.15, -0.1) is 0 Å². The van der Waals surface area contributed by atoms with Crippen LogP contribution in [-0.4, -0.2) is 17.0 Å². The Morgan fingerprint density at radius 2 is 1.46 bits per heavy atom. The first kappa shape index (κ1) is 38.1. The average molecular weight is 769 g/mol. The molecule has 292 valence electrons. The number of hydrogen-bond donors (Lipinski definition) is 2. The summed E-state index contributed by atoms with van der Waals surface area (Å²) in [4.78, 5) is 5.24. The van der Waals surface area contributed by atoms with E-state index in [2.05, 4.69) is 183 Å². The van der Waals surface area contributed by atoms with Crippen LogP contribution in [0.25, 0.3) is 45.0 Å². The van der Waals surface area contributed by atoms with E-state index in [-0.39, 0.29) is 6.17 Å². The summed E-state index contributed by atoms with van der Waals surface area (Å²) >= 11 is 0. The van der Waals surface area contributed by atoms with Crippen molar-refractivity contribution in [3.8, 4) is 11.1 Å². The minimum atomic E-state index is -0.0552. The molecule has 1 heterocycles. The zero-order valence-electron chi connectivity index (χ0n) is 34.2. The van der Waals surface area contributed by atoms with Crippen LogP contribution in [0.4, 0.5) is 0 Å². The normalized spacial score (nSPS) is 17.5. The quantitative estimate of drug-likeness (QED) is 0.146. The fraction of sp³-hybridized carbons (Fsp3) is 0.196. The zero-order valence-corrected chi connectivity index (χ0v) is 34.2. The van der Waals surface area contributed by atoms with Crippen molar-refractivity contribution >= 4 is 39.6 Å². The van der Waals surface area contributed by atoms with Crippen LogP contribution in [0.2, 0.25) is 0 Å². The largest absolute Gasteiger partial charge is 0.507 e. The van der Waals surface area contributed by atoms with Crippen molar-refractivity contribution in [1.82, 2.24) is 5.32 Å². The number of aryl methyl sites for hydroxylation is 3. The number of allylic oxidation sites excluding steroid dienone is 7. The van der Waals surface area contributed by atoms with Gasteiger partial charge in [0, 0.05) is 16.8 Å². The third-order valence-corrected chi connectivity index (χ3v) is 12.2. The summed E-state index contributed by atoms with van der Waals surface area (Å²) in [6.07, 6.45) is 18.9. The first-order chi connectivity index (χ1) is 29.1. The Morgan fingerprint density at radius 1 is 0.729 bits per heavy atom. The summed E-state index contributed by atoms with van der Waals surface area (Å²) in [7, 11) is 0. The maximum absolute atomic E-state index is 12.8. The van der Waals surface area contributed by atoms with E-state index in [0.717, 1.165) is 107 Å². The first-order valence-electron chi connectivity index (χ1n) is 21.5. The molecule has 0 aromatic heterocycles. The van der Waals surface area contributed by atoms with Gasteiger partial charge in [-0.2, -0.15) is 0 Å². The van der Waals surface area contributed by atoms with E-state index >= 15 is 0 Å². The molecule has 6 aromatic rings. The van der Waals surface area contributed by atoms with Crippen LogP contribution >= 0.6 is 0 Å². The van der Waals surface area contributed by atoms with Crippen LogP contribution in [0.3, 0.4) is 0 Å². The van der Waals surface area contributed by atoms with E-state index in [1.54, 1.807) is 0 Å². The Morgan fingerprint density at radius 3 is 2.25 bits per heavy atom. The van der Waals surface area contributed by atoms with Gasteiger partial charge in [0.15, 0.2) is 0 Å². The minimum Gasteiger partial charge on any atom is -0.507 e. The van der Waals surface area contributed by atoms with Gasteiger partial charge in [0.05, 0.1) is 5.71 Å². The number of rotatable bonds is 10. The number of benzene rings is 6. The van der Waals surface area contributed by atoms with Crippen LogP contribution in [0.5, 0.6) is 0 Å². The molecule has 2 N–H and O–H groups in total. The fourth-order valence-electron chi connectivity index (χ4n) is 9.24. The van der Waals surface area contributed by atoms with E-state index in [4.69, 9.17) is 4.99 Å². The van der Waals surface area contributed by atoms with E-state index in [1.165, 1.54) is 38.6 Å². The molecule has 3 nitrogen and oxygen atoms in total. The number of hydrogen-bond acceptors (Lipinski definition) is 3. The molecule has 1 unspecified atom stereocenters. The Bertz CT molecular complexity index is 2710. The topological polar surface area (TPSA) is 44.6 Å². The Kier molecular flexibility index (Phi) is 11.1. The van der Waals surface area contributed by atoms with Crippen molar-refractivity contribution < 1.29 is 5.11 Å². The van der Waals surface area contributed by atoms with E-state index < -0.39 is 0 Å². The summed E-state index contributed by atoms with van der Waals surface area (Å²) in [6, 6.07) is 47.6. The van der Waals surface area contributed by atoms with Gasteiger partial charge in [-0.1, -0.05) is 153 Å². The summed E-state index contributed by atoms with van der Waals surface area (Å²) in [5, 5.41) is 19.1. The van der Waals surface area contributed by atoms with Crippen molar-refractivity contribution in [3.05, 3.63) is 213 Å². The summed E-state index contributed by atoms with van der Waals surface area (Å²) in [6.45, 7) is 4.38. The predicted molar refractivity (Wildman–Crippen MR) is 250 cm³/mol. The molecule has 0 spiro atoms. The minimum absolute atomic E-state index is 0.0552. The molecule has 3 heteroatoms. The molecule has 0 saturated heterocycles. The molecule has 1 aliphatic heterocycles. The standard InChI is InChI=1S/C56H52N2O/c1-3-18-39(26-17-32-54-57-52(41-20-6-4-7-21-41)37-53(58-54)42-22-8-5-9-23-42)47-31-16-25-40-33-34-44(36-51(40)56(59)55(47)45-27-12-10-19-38(45)2)50-35-43-24-11-13-28-46(43)48-29-14-15-30-49(48)50/h4-10,12-15,18-23,27-31,33-37,54,57,59H,3,11,16-17,24-26,32H2,1-2H3/b39-18+,47-31+,56-55?. The number of aliphatic hydroxyl groups is 1. The molecule has 0 amide bonds. The zero-order chi connectivity index (χ0) is 40.1. The lowest BCUT2D eigenvalue weighted by Gasteiger charge is -2.26. The number of fused-ring (bicyclic) bond motifs is 4. The van der Waals surface area contributed by atoms with Gasteiger partial charge in [-0.3, -0.25) is 4.99 Å². The highest BCUT2D eigenvalue weighted by Crippen LogP contribution is 2.43. The summed E-state index contributed by atoms with van der Waals surface area (Å²) in [5.41, 5.74) is 17.2. The summed E-state index contributed by atoms with van der Waals surface area (Å²) in [5.74, 6) is 0.359. The fourth-order valence-corrected chi connectivity index (χ4v) is 9.24. The van der Waals surface area contributed by atoms with Gasteiger partial charge in [-0.25, -0.2) is 0 Å². The molecule has 0 saturated carbocycles. The van der Waals surface area contributed by atoms with Crippen molar-refractivity contribution in [3.63, 3.8) is 0 Å². The Labute approximate surface area is 349 Å². The second kappa shape index (κ2) is 17.2. The van der Waals surface area contributed by atoms with E-state index in [0.29, 0.717) is 5.76 Å². The lowest BCUT2D eigenvalue weighted by atomic mass is 9.81. The maximum Gasteiger partial charge on any atom is 0.131 e. The van der Waals surface area contributed by atoms with E-state index in [9.17, 15) is 5.11 Å². The van der Waals surface area contributed by atoms with Gasteiger partial charge in [-0.05, 0) is 148 Å². The lowest BCUT2D eigenvalue weighted by molar-refractivity contribution is 0.512. The van der Waals surface area contributed by atoms with Crippen molar-refractivity contribution in [2.45, 2.75) is 71.4 Å². The first-order valence-corrected chi connectivity index (χ1v) is 21.5. The smallest absolute Gasteiger partial charge is 0.131 e. The van der Waals surface area contributed by atoms with Gasteiger partial charge in [0.2, 0.25) is 0 Å². The molecular weight excluding hydrogens is 717 g/mol. The number of nitrogens with zero attached hydrogens (tertiary/aromatic N) is 1. The SMILES string of the molecule is CC/C=C(CCCC1N=C(c2ccccc2)C=C(c2ccccc2)N1)/C1=C\CCc2ccc(-c3cc4c(c5ccccc35)C=CCC4)cc2C(O)=C1c1ccccc1C.